The maximum atomic E-state index is 12.9. The number of aromatic nitrogens is 2. The lowest BCUT2D eigenvalue weighted by atomic mass is 10.2. The average Bonchev–Trinajstić information content (AvgIpc) is 2.33. The van der Waals surface area contributed by atoms with E-state index in [2.05, 4.69) is 9.97 Å². The molecule has 0 spiro atoms. The molecule has 0 bridgehead atoms. The number of rotatable bonds is 3. The summed E-state index contributed by atoms with van der Waals surface area (Å²) in [7, 11) is 0. The first-order valence-corrected chi connectivity index (χ1v) is 5.53. The van der Waals surface area contributed by atoms with E-state index in [1.54, 1.807) is 6.92 Å². The normalized spacial score (nSPS) is 10.1. The third kappa shape index (κ3) is 2.78. The van der Waals surface area contributed by atoms with Crippen LogP contribution in [0.3, 0.4) is 0 Å². The van der Waals surface area contributed by atoms with Gasteiger partial charge in [-0.3, -0.25) is 0 Å². The van der Waals surface area contributed by atoms with Gasteiger partial charge in [0.05, 0.1) is 12.4 Å². The van der Waals surface area contributed by atoms with Gasteiger partial charge in [0.1, 0.15) is 22.2 Å². The Morgan fingerprint density at radius 3 is 2.67 bits per heavy atom. The summed E-state index contributed by atoms with van der Waals surface area (Å²) < 4.78 is 18.4. The van der Waals surface area contributed by atoms with Crippen molar-refractivity contribution < 1.29 is 9.13 Å². The highest BCUT2D eigenvalue weighted by molar-refractivity contribution is 7.80. The van der Waals surface area contributed by atoms with Gasteiger partial charge in [-0.25, -0.2) is 14.4 Å². The highest BCUT2D eigenvalue weighted by Gasteiger charge is 2.05. The minimum absolute atomic E-state index is 0.173. The zero-order valence-electron chi connectivity index (χ0n) is 9.55. The third-order valence-electron chi connectivity index (χ3n) is 2.23. The van der Waals surface area contributed by atoms with Crippen molar-refractivity contribution in [2.24, 2.45) is 5.73 Å². The molecule has 1 aromatic heterocycles. The standard InChI is InChI=1S/C12H10FN3OS/c1-7-4-8(13)2-3-10(7)17-11-6-15-9(5-16-11)12(14)18/h2-6H,1H3,(H2,14,18). The summed E-state index contributed by atoms with van der Waals surface area (Å²) in [5, 5.41) is 0. The summed E-state index contributed by atoms with van der Waals surface area (Å²) >= 11 is 4.76. The molecule has 0 radical (unpaired) electrons. The van der Waals surface area contributed by atoms with E-state index in [0.717, 1.165) is 0 Å². The quantitative estimate of drug-likeness (QED) is 0.861. The fourth-order valence-electron chi connectivity index (χ4n) is 1.34. The lowest BCUT2D eigenvalue weighted by Crippen LogP contribution is -2.11. The Kier molecular flexibility index (Phi) is 3.47. The predicted molar refractivity (Wildman–Crippen MR) is 69.1 cm³/mol. The van der Waals surface area contributed by atoms with Crippen molar-refractivity contribution in [2.45, 2.75) is 6.92 Å². The Balaban J connectivity index is 2.21. The molecule has 0 aliphatic carbocycles. The Morgan fingerprint density at radius 2 is 2.11 bits per heavy atom. The van der Waals surface area contributed by atoms with Gasteiger partial charge in [0.2, 0.25) is 5.88 Å². The van der Waals surface area contributed by atoms with Crippen LogP contribution in [0.1, 0.15) is 11.3 Å². The van der Waals surface area contributed by atoms with Crippen molar-refractivity contribution in [2.75, 3.05) is 0 Å². The molecule has 2 rings (SSSR count). The average molecular weight is 263 g/mol. The van der Waals surface area contributed by atoms with Gasteiger partial charge in [0.15, 0.2) is 0 Å². The fraction of sp³-hybridized carbons (Fsp3) is 0.0833. The minimum atomic E-state index is -0.310. The van der Waals surface area contributed by atoms with Crippen LogP contribution in [0, 0.1) is 12.7 Å². The SMILES string of the molecule is Cc1cc(F)ccc1Oc1cnc(C(N)=S)cn1. The van der Waals surface area contributed by atoms with Crippen LogP contribution in [-0.4, -0.2) is 15.0 Å². The molecule has 4 nitrogen and oxygen atoms in total. The smallest absolute Gasteiger partial charge is 0.237 e. The lowest BCUT2D eigenvalue weighted by molar-refractivity contribution is 0.455. The molecule has 0 unspecified atom stereocenters. The molecule has 0 aliphatic rings. The molecule has 1 aromatic carbocycles. The molecular formula is C12H10FN3OS. The minimum Gasteiger partial charge on any atom is -0.437 e. The second-order valence-corrected chi connectivity index (χ2v) is 4.06. The van der Waals surface area contributed by atoms with Crippen molar-refractivity contribution >= 4 is 17.2 Å². The van der Waals surface area contributed by atoms with Crippen molar-refractivity contribution in [3.05, 3.63) is 47.7 Å². The van der Waals surface area contributed by atoms with Crippen LogP contribution in [-0.2, 0) is 0 Å². The van der Waals surface area contributed by atoms with E-state index in [0.29, 0.717) is 22.9 Å². The molecule has 18 heavy (non-hydrogen) atoms. The molecule has 6 heteroatoms. The van der Waals surface area contributed by atoms with Crippen LogP contribution in [0.4, 0.5) is 4.39 Å². The lowest BCUT2D eigenvalue weighted by Gasteiger charge is -2.07. The Labute approximate surface area is 109 Å². The molecule has 0 fully saturated rings. The van der Waals surface area contributed by atoms with Crippen molar-refractivity contribution in [1.82, 2.24) is 9.97 Å². The van der Waals surface area contributed by atoms with Crippen molar-refractivity contribution in [3.8, 4) is 11.6 Å². The van der Waals surface area contributed by atoms with Crippen LogP contribution in [0.25, 0.3) is 0 Å². The van der Waals surface area contributed by atoms with E-state index in [9.17, 15) is 4.39 Å². The van der Waals surface area contributed by atoms with E-state index in [-0.39, 0.29) is 10.8 Å². The molecule has 0 saturated heterocycles. The van der Waals surface area contributed by atoms with E-state index in [4.69, 9.17) is 22.7 Å². The maximum Gasteiger partial charge on any atom is 0.237 e. The van der Waals surface area contributed by atoms with Gasteiger partial charge in [-0.05, 0) is 30.7 Å². The highest BCUT2D eigenvalue weighted by atomic mass is 32.1. The Morgan fingerprint density at radius 1 is 1.33 bits per heavy atom. The number of nitrogens with zero attached hydrogens (tertiary/aromatic N) is 2. The topological polar surface area (TPSA) is 61.0 Å². The molecular weight excluding hydrogens is 253 g/mol. The van der Waals surface area contributed by atoms with Crippen molar-refractivity contribution in [1.29, 1.82) is 0 Å². The summed E-state index contributed by atoms with van der Waals surface area (Å²) in [6.45, 7) is 1.75. The predicted octanol–water partition coefficient (Wildman–Crippen LogP) is 2.35. The van der Waals surface area contributed by atoms with Crippen LogP contribution in [0.2, 0.25) is 0 Å². The number of aryl methyl sites for hydroxylation is 1. The summed E-state index contributed by atoms with van der Waals surface area (Å²) in [4.78, 5) is 8.18. The van der Waals surface area contributed by atoms with Gasteiger partial charge in [-0.15, -0.1) is 0 Å². The maximum absolute atomic E-state index is 12.9. The first-order chi connectivity index (χ1) is 8.56. The van der Waals surface area contributed by atoms with Gasteiger partial charge in [-0.1, -0.05) is 12.2 Å². The zero-order chi connectivity index (χ0) is 13.1. The monoisotopic (exact) mass is 263 g/mol. The molecule has 1 heterocycles. The summed E-state index contributed by atoms with van der Waals surface area (Å²) in [5.41, 5.74) is 6.50. The number of nitrogens with two attached hydrogens (primary N) is 1. The molecule has 2 N–H and O–H groups in total. The number of ether oxygens (including phenoxy) is 1. The second kappa shape index (κ2) is 5.05. The van der Waals surface area contributed by atoms with Crippen LogP contribution in [0.5, 0.6) is 11.6 Å². The van der Waals surface area contributed by atoms with Crippen LogP contribution in [0.15, 0.2) is 30.6 Å². The van der Waals surface area contributed by atoms with E-state index in [1.165, 1.54) is 30.6 Å². The van der Waals surface area contributed by atoms with Gasteiger partial charge in [-0.2, -0.15) is 0 Å². The molecule has 0 atom stereocenters. The summed E-state index contributed by atoms with van der Waals surface area (Å²) in [6.07, 6.45) is 2.84. The summed E-state index contributed by atoms with van der Waals surface area (Å²) in [5.74, 6) is 0.508. The van der Waals surface area contributed by atoms with Gasteiger partial charge in [0.25, 0.3) is 0 Å². The third-order valence-corrected chi connectivity index (χ3v) is 2.44. The first-order valence-electron chi connectivity index (χ1n) is 5.12. The van der Waals surface area contributed by atoms with Gasteiger partial charge < -0.3 is 10.5 Å². The fourth-order valence-corrected chi connectivity index (χ4v) is 1.44. The molecule has 0 saturated carbocycles. The van der Waals surface area contributed by atoms with Crippen LogP contribution < -0.4 is 10.5 Å². The first kappa shape index (κ1) is 12.4. The number of thiocarbonyl (C=S) groups is 1. The van der Waals surface area contributed by atoms with E-state index < -0.39 is 0 Å². The number of hydrogen-bond donors (Lipinski definition) is 1. The van der Waals surface area contributed by atoms with Crippen molar-refractivity contribution in [3.63, 3.8) is 0 Å². The number of halogens is 1. The van der Waals surface area contributed by atoms with E-state index >= 15 is 0 Å². The molecule has 0 amide bonds. The molecule has 0 aliphatic heterocycles. The zero-order valence-corrected chi connectivity index (χ0v) is 10.4. The largest absolute Gasteiger partial charge is 0.437 e. The number of hydrogen-bond acceptors (Lipinski definition) is 4. The number of benzene rings is 1. The molecule has 92 valence electrons. The van der Waals surface area contributed by atoms with Gasteiger partial charge >= 0.3 is 0 Å². The van der Waals surface area contributed by atoms with Gasteiger partial charge in [0, 0.05) is 0 Å². The Hall–Kier alpha value is -2.08. The Bertz CT molecular complexity index is 586. The van der Waals surface area contributed by atoms with Crippen LogP contribution >= 0.6 is 12.2 Å². The highest BCUT2D eigenvalue weighted by Crippen LogP contribution is 2.23. The second-order valence-electron chi connectivity index (χ2n) is 3.62. The summed E-state index contributed by atoms with van der Waals surface area (Å²) in [6, 6.07) is 4.24. The molecule has 2 aromatic rings. The van der Waals surface area contributed by atoms with E-state index in [1.807, 2.05) is 0 Å².